The second-order valence-electron chi connectivity index (χ2n) is 6.84. The number of hydrogen-bond acceptors (Lipinski definition) is 4. The molecule has 0 radical (unpaired) electrons. The van der Waals surface area contributed by atoms with Crippen molar-refractivity contribution >= 4 is 28.7 Å². The number of carbonyl (C=O) groups excluding carboxylic acids is 1. The number of hydrogen-bond donors (Lipinski definition) is 1. The summed E-state index contributed by atoms with van der Waals surface area (Å²) >= 11 is 6.15. The molecule has 1 N–H and O–H groups in total. The Balaban J connectivity index is 1.75. The van der Waals surface area contributed by atoms with Crippen LogP contribution in [0.1, 0.15) is 18.9 Å². The van der Waals surface area contributed by atoms with Crippen molar-refractivity contribution in [2.24, 2.45) is 14.1 Å². The van der Waals surface area contributed by atoms with Gasteiger partial charge in [0.1, 0.15) is 6.54 Å². The van der Waals surface area contributed by atoms with E-state index >= 15 is 0 Å². The minimum Gasteiger partial charge on any atom is -0.352 e. The van der Waals surface area contributed by atoms with E-state index in [0.29, 0.717) is 0 Å². The molecule has 148 valence electrons. The summed E-state index contributed by atoms with van der Waals surface area (Å²) in [5, 5.41) is 2.90. The van der Waals surface area contributed by atoms with Crippen LogP contribution in [-0.2, 0) is 31.9 Å². The Hall–Kier alpha value is -2.87. The van der Waals surface area contributed by atoms with E-state index in [9.17, 15) is 14.4 Å². The highest BCUT2D eigenvalue weighted by Gasteiger charge is 2.20. The zero-order valence-electron chi connectivity index (χ0n) is 16.0. The number of halogens is 1. The Morgan fingerprint density at radius 1 is 1.18 bits per heavy atom. The van der Waals surface area contributed by atoms with Gasteiger partial charge in [-0.25, -0.2) is 4.79 Å². The first-order chi connectivity index (χ1) is 13.3. The summed E-state index contributed by atoms with van der Waals surface area (Å²) in [4.78, 5) is 41.1. The summed E-state index contributed by atoms with van der Waals surface area (Å²) in [6.07, 6.45) is 1.63. The van der Waals surface area contributed by atoms with Crippen molar-refractivity contribution < 1.29 is 4.79 Å². The first kappa shape index (κ1) is 19.9. The second kappa shape index (κ2) is 8.02. The fraction of sp³-hybridized carbons (Fsp3) is 0.368. The van der Waals surface area contributed by atoms with Gasteiger partial charge in [-0.3, -0.25) is 23.3 Å². The summed E-state index contributed by atoms with van der Waals surface area (Å²) < 4.78 is 3.54. The maximum Gasteiger partial charge on any atom is 0.332 e. The average molecular weight is 404 g/mol. The van der Waals surface area contributed by atoms with Crippen molar-refractivity contribution in [1.82, 2.24) is 24.0 Å². The van der Waals surface area contributed by atoms with Gasteiger partial charge in [0, 0.05) is 20.1 Å². The fourth-order valence-corrected chi connectivity index (χ4v) is 3.35. The number of benzene rings is 1. The molecule has 0 spiro atoms. The first-order valence-electron chi connectivity index (χ1n) is 8.94. The third-order valence-corrected chi connectivity index (χ3v) is 5.01. The molecule has 3 aromatic rings. The predicted molar refractivity (Wildman–Crippen MR) is 108 cm³/mol. The van der Waals surface area contributed by atoms with Gasteiger partial charge in [-0.15, -0.1) is 0 Å². The van der Waals surface area contributed by atoms with E-state index in [0.717, 1.165) is 17.4 Å². The normalized spacial score (nSPS) is 12.3. The molecule has 0 bridgehead atoms. The van der Waals surface area contributed by atoms with E-state index in [1.165, 1.54) is 28.8 Å². The molecule has 1 amide bonds. The molecular weight excluding hydrogens is 382 g/mol. The van der Waals surface area contributed by atoms with E-state index in [4.69, 9.17) is 11.6 Å². The Bertz CT molecular complexity index is 1130. The molecule has 0 saturated heterocycles. The van der Waals surface area contributed by atoms with Crippen LogP contribution in [-0.4, -0.2) is 30.6 Å². The maximum absolute atomic E-state index is 12.5. The van der Waals surface area contributed by atoms with Gasteiger partial charge in [-0.1, -0.05) is 30.3 Å². The molecule has 8 nitrogen and oxygen atoms in total. The van der Waals surface area contributed by atoms with Gasteiger partial charge in [0.15, 0.2) is 11.2 Å². The van der Waals surface area contributed by atoms with E-state index in [2.05, 4.69) is 10.3 Å². The van der Waals surface area contributed by atoms with Gasteiger partial charge >= 0.3 is 5.69 Å². The number of carbonyl (C=O) groups is 1. The highest BCUT2D eigenvalue weighted by atomic mass is 35.5. The van der Waals surface area contributed by atoms with Gasteiger partial charge in [0.2, 0.25) is 11.2 Å². The quantitative estimate of drug-likeness (QED) is 0.626. The number of nitrogens with zero attached hydrogens (tertiary/aromatic N) is 4. The van der Waals surface area contributed by atoms with Crippen LogP contribution in [0.5, 0.6) is 0 Å². The Morgan fingerprint density at radius 2 is 1.86 bits per heavy atom. The molecule has 0 aliphatic rings. The Labute approximate surface area is 166 Å². The van der Waals surface area contributed by atoms with E-state index in [1.54, 1.807) is 0 Å². The molecule has 0 saturated carbocycles. The van der Waals surface area contributed by atoms with E-state index < -0.39 is 11.2 Å². The summed E-state index contributed by atoms with van der Waals surface area (Å²) in [6, 6.07) is 9.98. The lowest BCUT2D eigenvalue weighted by Gasteiger charge is -2.15. The number of aryl methyl sites for hydroxylation is 2. The number of amides is 1. The molecule has 2 heterocycles. The number of fused-ring (bicyclic) bond motifs is 1. The summed E-state index contributed by atoms with van der Waals surface area (Å²) in [5.74, 6) is -0.280. The average Bonchev–Trinajstić information content (AvgIpc) is 3.00. The van der Waals surface area contributed by atoms with Gasteiger partial charge in [0.05, 0.1) is 0 Å². The van der Waals surface area contributed by atoms with Crippen molar-refractivity contribution in [3.8, 4) is 0 Å². The third kappa shape index (κ3) is 3.87. The number of aromatic nitrogens is 4. The summed E-state index contributed by atoms with van der Waals surface area (Å²) in [6.45, 7) is 1.77. The van der Waals surface area contributed by atoms with Crippen LogP contribution in [0, 0.1) is 0 Å². The number of nitrogens with one attached hydrogen (secondary N) is 1. The lowest BCUT2D eigenvalue weighted by molar-refractivity contribution is -0.122. The SMILES string of the molecule is C[C@H](CCc1ccccc1)NC(=O)Cn1c(Cl)nc2c1c(=O)n(C)c(=O)n2C. The highest BCUT2D eigenvalue weighted by Crippen LogP contribution is 2.15. The number of rotatable bonds is 6. The zero-order chi connectivity index (χ0) is 20.4. The molecule has 9 heteroatoms. The van der Waals surface area contributed by atoms with Crippen molar-refractivity contribution in [2.75, 3.05) is 0 Å². The predicted octanol–water partition coefficient (Wildman–Crippen LogP) is 1.22. The third-order valence-electron chi connectivity index (χ3n) is 4.72. The van der Waals surface area contributed by atoms with E-state index in [-0.39, 0.29) is 34.9 Å². The molecule has 2 aromatic heterocycles. The lowest BCUT2D eigenvalue weighted by Crippen LogP contribution is -2.39. The topological polar surface area (TPSA) is 90.9 Å². The molecule has 0 fully saturated rings. The fourth-order valence-electron chi connectivity index (χ4n) is 3.13. The first-order valence-corrected chi connectivity index (χ1v) is 9.32. The van der Waals surface area contributed by atoms with Crippen LogP contribution < -0.4 is 16.6 Å². The second-order valence-corrected chi connectivity index (χ2v) is 7.18. The van der Waals surface area contributed by atoms with Crippen molar-refractivity contribution in [3.63, 3.8) is 0 Å². The zero-order valence-corrected chi connectivity index (χ0v) is 16.7. The Morgan fingerprint density at radius 3 is 2.54 bits per heavy atom. The van der Waals surface area contributed by atoms with Crippen LogP contribution in [0.25, 0.3) is 11.2 Å². The van der Waals surface area contributed by atoms with Gasteiger partial charge in [-0.05, 0) is 36.9 Å². The molecule has 0 unspecified atom stereocenters. The monoisotopic (exact) mass is 403 g/mol. The summed E-state index contributed by atoms with van der Waals surface area (Å²) in [5.41, 5.74) is 0.446. The van der Waals surface area contributed by atoms with Gasteiger partial charge in [-0.2, -0.15) is 4.98 Å². The van der Waals surface area contributed by atoms with E-state index in [1.807, 2.05) is 37.3 Å². The van der Waals surface area contributed by atoms with Crippen molar-refractivity contribution in [3.05, 3.63) is 62.0 Å². The minimum atomic E-state index is -0.539. The largest absolute Gasteiger partial charge is 0.352 e. The smallest absolute Gasteiger partial charge is 0.332 e. The highest BCUT2D eigenvalue weighted by molar-refractivity contribution is 6.29. The molecular formula is C19H22ClN5O3. The molecule has 3 rings (SSSR count). The molecule has 1 aromatic carbocycles. The lowest BCUT2D eigenvalue weighted by atomic mass is 10.1. The molecule has 0 aliphatic heterocycles. The maximum atomic E-state index is 12.5. The Kier molecular flexibility index (Phi) is 5.69. The van der Waals surface area contributed by atoms with Crippen LogP contribution >= 0.6 is 11.6 Å². The standard InChI is InChI=1S/C19H22ClN5O3/c1-12(9-10-13-7-5-4-6-8-13)21-14(26)11-25-15-16(22-18(25)20)23(2)19(28)24(3)17(15)27/h4-8,12H,9-11H2,1-3H3,(H,21,26)/t12-/m1/s1. The van der Waals surface area contributed by atoms with Crippen LogP contribution in [0.2, 0.25) is 5.28 Å². The van der Waals surface area contributed by atoms with Crippen molar-refractivity contribution in [1.29, 1.82) is 0 Å². The van der Waals surface area contributed by atoms with Crippen molar-refractivity contribution in [2.45, 2.75) is 32.4 Å². The van der Waals surface area contributed by atoms with Gasteiger partial charge in [0.25, 0.3) is 5.56 Å². The van der Waals surface area contributed by atoms with Crippen LogP contribution in [0.4, 0.5) is 0 Å². The summed E-state index contributed by atoms with van der Waals surface area (Å²) in [7, 11) is 2.88. The molecule has 0 aliphatic carbocycles. The molecule has 1 atom stereocenters. The van der Waals surface area contributed by atoms with Crippen LogP contribution in [0.3, 0.4) is 0 Å². The minimum absolute atomic E-state index is 0.0135. The van der Waals surface area contributed by atoms with Crippen LogP contribution in [0.15, 0.2) is 39.9 Å². The molecule has 28 heavy (non-hydrogen) atoms. The van der Waals surface area contributed by atoms with Gasteiger partial charge < -0.3 is 5.32 Å². The number of imidazole rings is 1.